The Morgan fingerprint density at radius 2 is 1.76 bits per heavy atom. The molecule has 1 aliphatic carbocycles. The minimum Gasteiger partial charge on any atom is -0.455 e. The zero-order valence-corrected chi connectivity index (χ0v) is 18.4. The summed E-state index contributed by atoms with van der Waals surface area (Å²) in [6.07, 6.45) is 6.47. The SMILES string of the molecule is O=C(Cc1coc(-c2ccccc2)n1)OCC(=O)N(Cc1ccc(F)cc1)C1CCCCC1. The molecule has 1 saturated carbocycles. The highest BCUT2D eigenvalue weighted by atomic mass is 19.1. The van der Waals surface area contributed by atoms with E-state index in [0.29, 0.717) is 18.1 Å². The van der Waals surface area contributed by atoms with Crippen LogP contribution < -0.4 is 0 Å². The van der Waals surface area contributed by atoms with Gasteiger partial charge in [0, 0.05) is 18.2 Å². The number of halogens is 1. The highest BCUT2D eigenvalue weighted by molar-refractivity contribution is 5.81. The van der Waals surface area contributed by atoms with Gasteiger partial charge in [-0.3, -0.25) is 9.59 Å². The van der Waals surface area contributed by atoms with Crippen molar-refractivity contribution in [1.29, 1.82) is 0 Å². The molecular formula is C26H27FN2O4. The average molecular weight is 451 g/mol. The molecule has 0 saturated heterocycles. The van der Waals surface area contributed by atoms with Gasteiger partial charge in [0.25, 0.3) is 5.91 Å². The predicted octanol–water partition coefficient (Wildman–Crippen LogP) is 4.93. The van der Waals surface area contributed by atoms with Crippen molar-refractivity contribution in [2.24, 2.45) is 0 Å². The highest BCUT2D eigenvalue weighted by Crippen LogP contribution is 2.24. The second-order valence-corrected chi connectivity index (χ2v) is 8.29. The fraction of sp³-hybridized carbons (Fsp3) is 0.346. The van der Waals surface area contributed by atoms with E-state index in [9.17, 15) is 14.0 Å². The lowest BCUT2D eigenvalue weighted by molar-refractivity contribution is -0.153. The Kier molecular flexibility index (Phi) is 7.50. The van der Waals surface area contributed by atoms with Gasteiger partial charge in [-0.15, -0.1) is 0 Å². The Morgan fingerprint density at radius 3 is 2.48 bits per heavy atom. The molecule has 1 aromatic heterocycles. The van der Waals surface area contributed by atoms with Crippen LogP contribution in [0.2, 0.25) is 0 Å². The first kappa shape index (κ1) is 22.7. The molecule has 33 heavy (non-hydrogen) atoms. The first-order valence-electron chi connectivity index (χ1n) is 11.3. The summed E-state index contributed by atoms with van der Waals surface area (Å²) in [4.78, 5) is 31.4. The third-order valence-corrected chi connectivity index (χ3v) is 5.86. The molecule has 7 heteroatoms. The van der Waals surface area contributed by atoms with Gasteiger partial charge < -0.3 is 14.1 Å². The molecular weight excluding hydrogens is 423 g/mol. The van der Waals surface area contributed by atoms with Crippen molar-refractivity contribution < 1.29 is 23.1 Å². The van der Waals surface area contributed by atoms with Crippen LogP contribution in [0.1, 0.15) is 43.4 Å². The summed E-state index contributed by atoms with van der Waals surface area (Å²) < 4.78 is 24.0. The van der Waals surface area contributed by atoms with Gasteiger partial charge in [0.2, 0.25) is 5.89 Å². The van der Waals surface area contributed by atoms with Crippen LogP contribution in [0.15, 0.2) is 65.3 Å². The molecule has 6 nitrogen and oxygen atoms in total. The van der Waals surface area contributed by atoms with Crippen molar-refractivity contribution in [1.82, 2.24) is 9.88 Å². The Labute approximate surface area is 192 Å². The van der Waals surface area contributed by atoms with Crippen LogP contribution >= 0.6 is 0 Å². The molecule has 0 N–H and O–H groups in total. The van der Waals surface area contributed by atoms with E-state index in [2.05, 4.69) is 4.98 Å². The number of aromatic nitrogens is 1. The number of rotatable bonds is 8. The van der Waals surface area contributed by atoms with Crippen molar-refractivity contribution in [2.75, 3.05) is 6.61 Å². The molecule has 1 amide bonds. The second kappa shape index (κ2) is 10.9. The topological polar surface area (TPSA) is 72.6 Å². The number of benzene rings is 2. The van der Waals surface area contributed by atoms with Gasteiger partial charge in [-0.1, -0.05) is 49.6 Å². The number of oxazole rings is 1. The maximum Gasteiger partial charge on any atom is 0.312 e. The molecule has 172 valence electrons. The number of ether oxygens (including phenoxy) is 1. The number of hydrogen-bond donors (Lipinski definition) is 0. The molecule has 0 spiro atoms. The van der Waals surface area contributed by atoms with Crippen molar-refractivity contribution in [3.8, 4) is 11.5 Å². The van der Waals surface area contributed by atoms with Crippen LogP contribution in [-0.2, 0) is 27.3 Å². The number of hydrogen-bond acceptors (Lipinski definition) is 5. The van der Waals surface area contributed by atoms with Gasteiger partial charge in [0.1, 0.15) is 12.1 Å². The number of esters is 1. The van der Waals surface area contributed by atoms with Crippen LogP contribution in [0.4, 0.5) is 4.39 Å². The van der Waals surface area contributed by atoms with Crippen LogP contribution in [0.25, 0.3) is 11.5 Å². The molecule has 0 aliphatic heterocycles. The summed E-state index contributed by atoms with van der Waals surface area (Å²) >= 11 is 0. The molecule has 0 unspecified atom stereocenters. The van der Waals surface area contributed by atoms with E-state index in [0.717, 1.165) is 43.2 Å². The lowest BCUT2D eigenvalue weighted by Gasteiger charge is -2.34. The molecule has 3 aromatic rings. The normalized spacial score (nSPS) is 14.1. The number of carbonyl (C=O) groups is 2. The quantitative estimate of drug-likeness (QED) is 0.455. The molecule has 0 bridgehead atoms. The van der Waals surface area contributed by atoms with E-state index in [1.807, 2.05) is 30.3 Å². The number of amides is 1. The van der Waals surface area contributed by atoms with E-state index in [1.165, 1.54) is 18.4 Å². The number of nitrogens with zero attached hydrogens (tertiary/aromatic N) is 2. The molecule has 0 radical (unpaired) electrons. The molecule has 0 atom stereocenters. The van der Waals surface area contributed by atoms with Crippen molar-refractivity contribution in [3.05, 3.63) is 77.9 Å². The standard InChI is InChI=1S/C26H27FN2O4/c27-21-13-11-19(12-14-21)16-29(23-9-5-2-6-10-23)24(30)18-32-25(31)15-22-17-33-26(28-22)20-7-3-1-4-8-20/h1,3-4,7-8,11-14,17,23H,2,5-6,9-10,15-16,18H2. The zero-order chi connectivity index (χ0) is 23.0. The third-order valence-electron chi connectivity index (χ3n) is 5.86. The summed E-state index contributed by atoms with van der Waals surface area (Å²) in [5.74, 6) is -0.671. The van der Waals surface area contributed by atoms with Crippen LogP contribution in [0.3, 0.4) is 0 Å². The monoisotopic (exact) mass is 450 g/mol. The summed E-state index contributed by atoms with van der Waals surface area (Å²) in [7, 11) is 0. The van der Waals surface area contributed by atoms with Crippen molar-refractivity contribution in [2.45, 2.75) is 51.1 Å². The molecule has 1 heterocycles. The fourth-order valence-electron chi connectivity index (χ4n) is 4.13. The van der Waals surface area contributed by atoms with Gasteiger partial charge >= 0.3 is 5.97 Å². The molecule has 1 aliphatic rings. The summed E-state index contributed by atoms with van der Waals surface area (Å²) in [6, 6.07) is 15.6. The first-order chi connectivity index (χ1) is 16.1. The van der Waals surface area contributed by atoms with Gasteiger partial charge in [-0.05, 0) is 42.7 Å². The van der Waals surface area contributed by atoms with Crippen LogP contribution in [0.5, 0.6) is 0 Å². The maximum atomic E-state index is 13.3. The zero-order valence-electron chi connectivity index (χ0n) is 18.4. The Balaban J connectivity index is 1.34. The smallest absolute Gasteiger partial charge is 0.312 e. The molecule has 4 rings (SSSR count). The minimum atomic E-state index is -0.540. The van der Waals surface area contributed by atoms with E-state index in [4.69, 9.17) is 9.15 Å². The van der Waals surface area contributed by atoms with Crippen LogP contribution in [0, 0.1) is 5.82 Å². The van der Waals surface area contributed by atoms with E-state index < -0.39 is 5.97 Å². The lowest BCUT2D eigenvalue weighted by atomic mass is 9.93. The average Bonchev–Trinajstić information content (AvgIpc) is 3.31. The minimum absolute atomic E-state index is 0.0784. The molecule has 1 fully saturated rings. The summed E-state index contributed by atoms with van der Waals surface area (Å²) in [5.41, 5.74) is 2.11. The Bertz CT molecular complexity index is 1060. The lowest BCUT2D eigenvalue weighted by Crippen LogP contribution is -2.43. The van der Waals surface area contributed by atoms with E-state index >= 15 is 0 Å². The van der Waals surface area contributed by atoms with Gasteiger partial charge in [0.15, 0.2) is 6.61 Å². The Morgan fingerprint density at radius 1 is 1.03 bits per heavy atom. The highest BCUT2D eigenvalue weighted by Gasteiger charge is 2.26. The predicted molar refractivity (Wildman–Crippen MR) is 120 cm³/mol. The third kappa shape index (κ3) is 6.28. The number of carbonyl (C=O) groups excluding carboxylic acids is 2. The Hall–Kier alpha value is -3.48. The fourth-order valence-corrected chi connectivity index (χ4v) is 4.13. The van der Waals surface area contributed by atoms with Gasteiger partial charge in [0.05, 0.1) is 12.1 Å². The van der Waals surface area contributed by atoms with Crippen molar-refractivity contribution in [3.63, 3.8) is 0 Å². The van der Waals surface area contributed by atoms with E-state index in [1.54, 1.807) is 17.0 Å². The van der Waals surface area contributed by atoms with Crippen molar-refractivity contribution >= 4 is 11.9 Å². The van der Waals surface area contributed by atoms with Crippen LogP contribution in [-0.4, -0.2) is 34.4 Å². The summed E-state index contributed by atoms with van der Waals surface area (Å²) in [5, 5.41) is 0. The second-order valence-electron chi connectivity index (χ2n) is 8.29. The van der Waals surface area contributed by atoms with Gasteiger partial charge in [-0.2, -0.15) is 0 Å². The largest absolute Gasteiger partial charge is 0.455 e. The molecule has 2 aromatic carbocycles. The first-order valence-corrected chi connectivity index (χ1v) is 11.3. The summed E-state index contributed by atoms with van der Waals surface area (Å²) in [6.45, 7) is 0.0327. The maximum absolute atomic E-state index is 13.3. The van der Waals surface area contributed by atoms with Gasteiger partial charge in [-0.25, -0.2) is 9.37 Å². The van der Waals surface area contributed by atoms with E-state index in [-0.39, 0.29) is 30.8 Å².